The van der Waals surface area contributed by atoms with Crippen LogP contribution in [0.2, 0.25) is 10.0 Å². The fraction of sp³-hybridized carbons (Fsp3) is 0.220. The zero-order chi connectivity index (χ0) is 38.1. The number of rotatable bonds is 2. The van der Waals surface area contributed by atoms with E-state index in [0.717, 1.165) is 61.6 Å². The van der Waals surface area contributed by atoms with E-state index in [-0.39, 0.29) is 33.9 Å². The number of pyridine rings is 2. The fourth-order valence-corrected chi connectivity index (χ4v) is 8.82. The third kappa shape index (κ3) is 5.75. The molecule has 0 radical (unpaired) electrons. The topological polar surface area (TPSA) is 175 Å². The highest BCUT2D eigenvalue weighted by Gasteiger charge is 2.28. The number of aromatic nitrogens is 6. The molecule has 0 aliphatic heterocycles. The van der Waals surface area contributed by atoms with Crippen LogP contribution in [0.4, 0.5) is 0 Å². The summed E-state index contributed by atoms with van der Waals surface area (Å²) in [4.78, 5) is 83.8. The molecule has 7 aromatic rings. The molecule has 0 amide bonds. The van der Waals surface area contributed by atoms with Crippen LogP contribution in [0.1, 0.15) is 61.7 Å². The van der Waals surface area contributed by atoms with Gasteiger partial charge >= 0.3 is 0 Å². The second-order valence-corrected chi connectivity index (χ2v) is 15.1. The number of allylic oxidation sites excluding steroid dienone is 4. The van der Waals surface area contributed by atoms with E-state index in [2.05, 4.69) is 26.2 Å². The van der Waals surface area contributed by atoms with Crippen LogP contribution in [0.5, 0.6) is 0 Å². The third-order valence-corrected chi connectivity index (χ3v) is 11.5. The van der Waals surface area contributed by atoms with Gasteiger partial charge in [0, 0.05) is 20.8 Å². The minimum atomic E-state index is -0.503. The first-order valence-electron chi connectivity index (χ1n) is 18.1. The van der Waals surface area contributed by atoms with E-state index in [4.69, 9.17) is 23.2 Å². The molecule has 0 saturated heterocycles. The standard InChI is InChI=1S/C21H16ClN3O3.C20H16ClN3O3/c22-12-8-9-14-15(10-12)23-18-17(19(14)26)21(28)25(24-20(18)27)16-7-3-5-11-4-1-2-6-13(11)16;21-11-7-8-13-14(9-11)22-17-16(18(13)25)20(27)24(23-19(17)26)15-6-2-4-10-3-1-5-12(10)15/h1-2,4,6,8-10,16H,3,5,7H2,(H,23,26)(H,24,27);1,5,7-9,15H,2-4,6H2,(H,22,25)(H,23,26). The number of aryl methyl sites for hydroxylation is 1. The van der Waals surface area contributed by atoms with E-state index in [0.29, 0.717) is 31.9 Å². The van der Waals surface area contributed by atoms with Crippen molar-refractivity contribution in [1.82, 2.24) is 29.5 Å². The summed E-state index contributed by atoms with van der Waals surface area (Å²) in [6.07, 6.45) is 10.3. The lowest BCUT2D eigenvalue weighted by atomic mass is 9.88. The number of benzene rings is 3. The maximum Gasteiger partial charge on any atom is 0.287 e. The molecule has 3 aliphatic rings. The highest BCUT2D eigenvalue weighted by Crippen LogP contribution is 2.38. The molecule has 4 N–H and O–H groups in total. The molecule has 10 rings (SSSR count). The summed E-state index contributed by atoms with van der Waals surface area (Å²) in [5, 5.41) is 6.68. The smallest absolute Gasteiger partial charge is 0.287 e. The fourth-order valence-electron chi connectivity index (χ4n) is 8.47. The molecule has 2 unspecified atom stereocenters. The number of hydrogen-bond acceptors (Lipinski definition) is 6. The average Bonchev–Trinajstić information content (AvgIpc) is 3.67. The van der Waals surface area contributed by atoms with Crippen molar-refractivity contribution in [3.8, 4) is 0 Å². The van der Waals surface area contributed by atoms with Crippen molar-refractivity contribution in [1.29, 1.82) is 0 Å². The largest absolute Gasteiger partial charge is 0.350 e. The molecule has 4 aromatic heterocycles. The van der Waals surface area contributed by atoms with E-state index in [1.807, 2.05) is 30.3 Å². The number of nitrogens with one attached hydrogen (secondary N) is 4. The van der Waals surface area contributed by atoms with E-state index < -0.39 is 33.1 Å². The van der Waals surface area contributed by atoms with Gasteiger partial charge < -0.3 is 9.97 Å². The Kier molecular flexibility index (Phi) is 8.47. The van der Waals surface area contributed by atoms with Gasteiger partial charge in [0.15, 0.2) is 0 Å². The van der Waals surface area contributed by atoms with Crippen LogP contribution < -0.4 is 33.1 Å². The lowest BCUT2D eigenvalue weighted by Crippen LogP contribution is -2.37. The number of halogens is 2. The van der Waals surface area contributed by atoms with E-state index in [1.165, 1.54) is 14.9 Å². The Morgan fingerprint density at radius 3 is 1.80 bits per heavy atom. The van der Waals surface area contributed by atoms with Crippen molar-refractivity contribution in [2.75, 3.05) is 0 Å². The predicted octanol–water partition coefficient (Wildman–Crippen LogP) is 6.28. The molecule has 0 fully saturated rings. The van der Waals surface area contributed by atoms with Gasteiger partial charge in [0.2, 0.25) is 10.9 Å². The Labute approximate surface area is 319 Å². The Bertz CT molecular complexity index is 3220. The molecule has 3 aromatic carbocycles. The molecule has 0 saturated carbocycles. The number of fused-ring (bicyclic) bond motifs is 5. The monoisotopic (exact) mass is 774 g/mol. The van der Waals surface area contributed by atoms with Crippen LogP contribution >= 0.6 is 23.2 Å². The second kappa shape index (κ2) is 13.4. The molecule has 3 aliphatic carbocycles. The van der Waals surface area contributed by atoms with Gasteiger partial charge in [0.25, 0.3) is 22.2 Å². The van der Waals surface area contributed by atoms with Crippen LogP contribution in [0.15, 0.2) is 113 Å². The maximum absolute atomic E-state index is 13.3. The predicted molar refractivity (Wildman–Crippen MR) is 215 cm³/mol. The molecule has 4 heterocycles. The number of H-pyrrole nitrogens is 4. The van der Waals surface area contributed by atoms with E-state index in [1.54, 1.807) is 36.4 Å². The number of hydrogen-bond donors (Lipinski definition) is 4. The van der Waals surface area contributed by atoms with Crippen LogP contribution in [0.25, 0.3) is 43.6 Å². The summed E-state index contributed by atoms with van der Waals surface area (Å²) in [6.45, 7) is 0. The molecule has 55 heavy (non-hydrogen) atoms. The van der Waals surface area contributed by atoms with E-state index in [9.17, 15) is 28.8 Å². The van der Waals surface area contributed by atoms with Crippen LogP contribution in [0, 0.1) is 0 Å². The molecule has 276 valence electrons. The van der Waals surface area contributed by atoms with Gasteiger partial charge in [-0.2, -0.15) is 0 Å². The van der Waals surface area contributed by atoms with Crippen LogP contribution in [-0.2, 0) is 6.42 Å². The van der Waals surface area contributed by atoms with Crippen LogP contribution in [-0.4, -0.2) is 29.5 Å². The summed E-state index contributed by atoms with van der Waals surface area (Å²) in [7, 11) is 0. The minimum absolute atomic E-state index is 0.0111. The summed E-state index contributed by atoms with van der Waals surface area (Å²) in [6, 6.07) is 16.8. The summed E-state index contributed by atoms with van der Waals surface area (Å²) in [5.41, 5.74) is 2.52. The Morgan fingerprint density at radius 2 is 1.18 bits per heavy atom. The molecule has 2 atom stereocenters. The lowest BCUT2D eigenvalue weighted by Gasteiger charge is -2.26. The zero-order valence-electron chi connectivity index (χ0n) is 29.1. The Balaban J connectivity index is 0.000000144. The SMILES string of the molecule is O=c1[nH]n(C2CCCC3=C2C=CC3)c(=O)c2c(=O)c3ccc(Cl)cc3[nH]c12.O=c1[nH]n(C2CCCc3ccccc32)c(=O)c2c(=O)c3ccc(Cl)cc3[nH]c12. The number of nitrogens with zero attached hydrogens (tertiary/aromatic N) is 2. The molecule has 0 bridgehead atoms. The first kappa shape index (κ1) is 34.8. The molecule has 14 heteroatoms. The Hall–Kier alpha value is -5.98. The van der Waals surface area contributed by atoms with Gasteiger partial charge in [-0.3, -0.25) is 39.0 Å². The highest BCUT2D eigenvalue weighted by atomic mass is 35.5. The van der Waals surface area contributed by atoms with Crippen molar-refractivity contribution < 1.29 is 0 Å². The van der Waals surface area contributed by atoms with Crippen molar-refractivity contribution >= 4 is 66.8 Å². The molecule has 0 spiro atoms. The second-order valence-electron chi connectivity index (χ2n) is 14.2. The first-order valence-corrected chi connectivity index (χ1v) is 18.8. The molecule has 12 nitrogen and oxygen atoms in total. The minimum Gasteiger partial charge on any atom is -0.350 e. The molecular weight excluding hydrogens is 743 g/mol. The maximum atomic E-state index is 13.3. The third-order valence-electron chi connectivity index (χ3n) is 11.0. The van der Waals surface area contributed by atoms with Crippen molar-refractivity contribution in [3.63, 3.8) is 0 Å². The van der Waals surface area contributed by atoms with E-state index >= 15 is 0 Å². The summed E-state index contributed by atoms with van der Waals surface area (Å²) >= 11 is 12.0. The van der Waals surface area contributed by atoms with Gasteiger partial charge in [-0.15, -0.1) is 0 Å². The highest BCUT2D eigenvalue weighted by molar-refractivity contribution is 6.31. The Morgan fingerprint density at radius 1 is 0.636 bits per heavy atom. The van der Waals surface area contributed by atoms with Gasteiger partial charge in [-0.05, 0) is 98.0 Å². The quantitative estimate of drug-likeness (QED) is 0.151. The van der Waals surface area contributed by atoms with Crippen molar-refractivity contribution in [3.05, 3.63) is 167 Å². The summed E-state index contributed by atoms with van der Waals surface area (Å²) < 4.78 is 2.66. The van der Waals surface area contributed by atoms with Gasteiger partial charge in [-0.25, -0.2) is 9.36 Å². The van der Waals surface area contributed by atoms with Gasteiger partial charge in [0.1, 0.15) is 21.8 Å². The van der Waals surface area contributed by atoms with Crippen molar-refractivity contribution in [2.45, 2.75) is 57.0 Å². The van der Waals surface area contributed by atoms with Crippen molar-refractivity contribution in [2.24, 2.45) is 0 Å². The normalized spacial score (nSPS) is 17.8. The molecular formula is C41H32Cl2N6O6. The first-order chi connectivity index (χ1) is 26.6. The van der Waals surface area contributed by atoms with Gasteiger partial charge in [0.05, 0.1) is 23.1 Å². The number of aromatic amines is 4. The zero-order valence-corrected chi connectivity index (χ0v) is 30.6. The average molecular weight is 776 g/mol. The van der Waals surface area contributed by atoms with Crippen LogP contribution in [0.3, 0.4) is 0 Å². The summed E-state index contributed by atoms with van der Waals surface area (Å²) in [5.74, 6) is 0. The lowest BCUT2D eigenvalue weighted by molar-refractivity contribution is 0.431. The van der Waals surface area contributed by atoms with Gasteiger partial charge in [-0.1, -0.05) is 65.2 Å².